The Hall–Kier alpha value is -2.17. The molecule has 31 heavy (non-hydrogen) atoms. The Labute approximate surface area is 185 Å². The van der Waals surface area contributed by atoms with Gasteiger partial charge < -0.3 is 14.5 Å². The van der Waals surface area contributed by atoms with Crippen LogP contribution < -0.4 is 0 Å². The molecule has 178 valence electrons. The molecule has 0 aromatic rings. The predicted molar refractivity (Wildman–Crippen MR) is 116 cm³/mol. The highest BCUT2D eigenvalue weighted by Gasteiger charge is 2.30. The normalized spacial score (nSPS) is 14.0. The Morgan fingerprint density at radius 1 is 1.19 bits per heavy atom. The first kappa shape index (κ1) is 28.8. The third kappa shape index (κ3) is 13.0. The van der Waals surface area contributed by atoms with Gasteiger partial charge in [-0.1, -0.05) is 19.9 Å². The molecule has 0 bridgehead atoms. The summed E-state index contributed by atoms with van der Waals surface area (Å²) >= 11 is 0. The lowest BCUT2D eigenvalue weighted by atomic mass is 9.93. The second-order valence-electron chi connectivity index (χ2n) is 8.25. The van der Waals surface area contributed by atoms with Crippen LogP contribution in [0.4, 0.5) is 18.0 Å². The van der Waals surface area contributed by atoms with E-state index in [2.05, 4.69) is 5.92 Å². The first-order valence-corrected chi connectivity index (χ1v) is 10.7. The molecule has 0 aliphatic rings. The van der Waals surface area contributed by atoms with Gasteiger partial charge in [0.25, 0.3) is 0 Å². The van der Waals surface area contributed by atoms with Crippen molar-refractivity contribution in [3.8, 4) is 12.3 Å². The maximum Gasteiger partial charge on any atom is 0.409 e. The van der Waals surface area contributed by atoms with Crippen molar-refractivity contribution in [3.05, 3.63) is 11.8 Å². The Bertz CT molecular complexity index is 639. The van der Waals surface area contributed by atoms with Gasteiger partial charge in [0.05, 0.1) is 12.5 Å². The summed E-state index contributed by atoms with van der Waals surface area (Å²) in [6.45, 7) is 10.3. The van der Waals surface area contributed by atoms with Crippen molar-refractivity contribution in [3.63, 3.8) is 0 Å². The summed E-state index contributed by atoms with van der Waals surface area (Å²) in [4.78, 5) is 27.7. The zero-order valence-corrected chi connectivity index (χ0v) is 19.6. The number of nitrogens with zero attached hydrogens (tertiary/aromatic N) is 2. The largest absolute Gasteiger partial charge is 0.447 e. The SMILES string of the molecule is C#CC/C=C(/CC(F)(F)F)N(C)C[C@H](C)CC(=O)C(C)CCN(CC)C(=O)OC(C)C. The number of ether oxygens (including phenoxy) is 1. The molecule has 2 atom stereocenters. The minimum atomic E-state index is -4.33. The van der Waals surface area contributed by atoms with Gasteiger partial charge in [0, 0.05) is 51.1 Å². The fourth-order valence-electron chi connectivity index (χ4n) is 3.10. The van der Waals surface area contributed by atoms with Gasteiger partial charge in [-0.2, -0.15) is 13.2 Å². The lowest BCUT2D eigenvalue weighted by Gasteiger charge is -2.27. The molecule has 0 rings (SSSR count). The topological polar surface area (TPSA) is 49.9 Å². The minimum Gasteiger partial charge on any atom is -0.447 e. The molecule has 0 radical (unpaired) electrons. The van der Waals surface area contributed by atoms with Gasteiger partial charge in [-0.15, -0.1) is 12.3 Å². The lowest BCUT2D eigenvalue weighted by Crippen LogP contribution is -2.35. The third-order valence-electron chi connectivity index (χ3n) is 4.82. The van der Waals surface area contributed by atoms with Gasteiger partial charge in [0.1, 0.15) is 5.78 Å². The molecule has 0 aromatic carbocycles. The molecular formula is C23H37F3N2O3. The van der Waals surface area contributed by atoms with Gasteiger partial charge >= 0.3 is 12.3 Å². The van der Waals surface area contributed by atoms with E-state index in [4.69, 9.17) is 11.2 Å². The third-order valence-corrected chi connectivity index (χ3v) is 4.82. The number of ketones is 1. The van der Waals surface area contributed by atoms with Crippen molar-refractivity contribution in [2.75, 3.05) is 26.7 Å². The van der Waals surface area contributed by atoms with E-state index in [1.54, 1.807) is 25.8 Å². The van der Waals surface area contributed by atoms with Crippen molar-refractivity contribution in [2.24, 2.45) is 11.8 Å². The Morgan fingerprint density at radius 2 is 1.81 bits per heavy atom. The van der Waals surface area contributed by atoms with E-state index in [9.17, 15) is 22.8 Å². The van der Waals surface area contributed by atoms with Crippen LogP contribution in [0.15, 0.2) is 11.8 Å². The summed E-state index contributed by atoms with van der Waals surface area (Å²) in [5.41, 5.74) is 0.111. The van der Waals surface area contributed by atoms with Crippen LogP contribution in [0.2, 0.25) is 0 Å². The van der Waals surface area contributed by atoms with Crippen LogP contribution in [0.1, 0.15) is 60.3 Å². The zero-order chi connectivity index (χ0) is 24.2. The molecule has 0 aliphatic heterocycles. The van der Waals surface area contributed by atoms with E-state index in [1.807, 2.05) is 20.8 Å². The van der Waals surface area contributed by atoms with Gasteiger partial charge in [0.2, 0.25) is 0 Å². The first-order chi connectivity index (χ1) is 14.3. The predicted octanol–water partition coefficient (Wildman–Crippen LogP) is 5.27. The summed E-state index contributed by atoms with van der Waals surface area (Å²) in [5, 5.41) is 0. The van der Waals surface area contributed by atoms with Crippen molar-refractivity contribution < 1.29 is 27.5 Å². The Balaban J connectivity index is 4.74. The van der Waals surface area contributed by atoms with Gasteiger partial charge in [-0.3, -0.25) is 4.79 Å². The molecule has 0 heterocycles. The number of terminal acetylenes is 1. The molecule has 1 unspecified atom stereocenters. The second-order valence-corrected chi connectivity index (χ2v) is 8.25. The number of amides is 1. The smallest absolute Gasteiger partial charge is 0.409 e. The van der Waals surface area contributed by atoms with E-state index in [0.29, 0.717) is 26.1 Å². The average molecular weight is 447 g/mol. The molecule has 0 fully saturated rings. The summed E-state index contributed by atoms with van der Waals surface area (Å²) in [6.07, 6.45) is 1.45. The Morgan fingerprint density at radius 3 is 2.29 bits per heavy atom. The number of Topliss-reactive ketones (excluding diaryl/α,β-unsaturated/α-hetero) is 1. The number of rotatable bonds is 13. The van der Waals surface area contributed by atoms with Crippen molar-refractivity contribution in [2.45, 2.75) is 72.6 Å². The van der Waals surface area contributed by atoms with Crippen LogP contribution in [-0.2, 0) is 9.53 Å². The van der Waals surface area contributed by atoms with E-state index < -0.39 is 18.7 Å². The van der Waals surface area contributed by atoms with Crippen LogP contribution in [0.5, 0.6) is 0 Å². The number of hydrogen-bond donors (Lipinski definition) is 0. The van der Waals surface area contributed by atoms with E-state index in [0.717, 1.165) is 0 Å². The van der Waals surface area contributed by atoms with Crippen LogP contribution in [0.25, 0.3) is 0 Å². The number of allylic oxidation sites excluding steroid dienone is 2. The maximum absolute atomic E-state index is 12.8. The maximum atomic E-state index is 12.8. The molecule has 8 heteroatoms. The van der Waals surface area contributed by atoms with E-state index >= 15 is 0 Å². The van der Waals surface area contributed by atoms with Crippen molar-refractivity contribution >= 4 is 11.9 Å². The summed E-state index contributed by atoms with van der Waals surface area (Å²) in [7, 11) is 1.58. The van der Waals surface area contributed by atoms with Crippen molar-refractivity contribution in [1.29, 1.82) is 0 Å². The monoisotopic (exact) mass is 446 g/mol. The van der Waals surface area contributed by atoms with Crippen molar-refractivity contribution in [1.82, 2.24) is 9.80 Å². The summed E-state index contributed by atoms with van der Waals surface area (Å²) in [5.74, 6) is 1.96. The lowest BCUT2D eigenvalue weighted by molar-refractivity contribution is -0.131. The fraction of sp³-hybridized carbons (Fsp3) is 0.739. The number of carbonyl (C=O) groups is 2. The van der Waals surface area contributed by atoms with Crippen LogP contribution in [0, 0.1) is 24.2 Å². The van der Waals surface area contributed by atoms with Gasteiger partial charge in [0.15, 0.2) is 0 Å². The minimum absolute atomic E-state index is 0.0270. The second kappa shape index (κ2) is 14.0. The summed E-state index contributed by atoms with van der Waals surface area (Å²) < 4.78 is 43.7. The average Bonchev–Trinajstić information content (AvgIpc) is 2.63. The summed E-state index contributed by atoms with van der Waals surface area (Å²) in [6, 6.07) is 0. The molecular weight excluding hydrogens is 409 g/mol. The number of carbonyl (C=O) groups excluding carboxylic acids is 2. The standard InChI is InChI=1S/C23H37F3N2O3/c1-8-10-11-20(15-23(24,25)26)27(7)16-18(5)14-21(29)19(6)12-13-28(9-2)22(30)31-17(3)4/h1,11,17-19H,9-10,12-16H2,2-7H3/b20-11-/t18-,19?/m1/s1. The van der Waals surface area contributed by atoms with Gasteiger partial charge in [-0.05, 0) is 33.1 Å². The van der Waals surface area contributed by atoms with Crippen LogP contribution in [0.3, 0.4) is 0 Å². The van der Waals surface area contributed by atoms with Gasteiger partial charge in [-0.25, -0.2) is 4.79 Å². The van der Waals surface area contributed by atoms with E-state index in [-0.39, 0.29) is 42.3 Å². The quantitative estimate of drug-likeness (QED) is 0.362. The number of alkyl halides is 3. The fourth-order valence-corrected chi connectivity index (χ4v) is 3.10. The molecule has 0 aliphatic carbocycles. The molecule has 1 amide bonds. The van der Waals surface area contributed by atoms with Crippen LogP contribution >= 0.6 is 0 Å². The van der Waals surface area contributed by atoms with Crippen LogP contribution in [-0.4, -0.2) is 60.6 Å². The van der Waals surface area contributed by atoms with E-state index in [1.165, 1.54) is 11.0 Å². The Kier molecular flexibility index (Phi) is 13.0. The molecule has 0 N–H and O–H groups in total. The first-order valence-electron chi connectivity index (χ1n) is 10.7. The zero-order valence-electron chi connectivity index (χ0n) is 19.6. The molecule has 0 spiro atoms. The number of hydrogen-bond acceptors (Lipinski definition) is 4. The molecule has 0 aromatic heterocycles. The highest BCUT2D eigenvalue weighted by atomic mass is 19.4. The molecule has 0 saturated carbocycles. The highest BCUT2D eigenvalue weighted by Crippen LogP contribution is 2.27. The molecule has 5 nitrogen and oxygen atoms in total. The highest BCUT2D eigenvalue weighted by molar-refractivity contribution is 5.81. The number of halogens is 3. The molecule has 0 saturated heterocycles.